The predicted octanol–water partition coefficient (Wildman–Crippen LogP) is 2.68. The molecule has 0 radical (unpaired) electrons. The Kier molecular flexibility index (Phi) is 4.41. The van der Waals surface area contributed by atoms with E-state index in [0.29, 0.717) is 11.3 Å². The van der Waals surface area contributed by atoms with E-state index in [0.717, 1.165) is 26.1 Å². The monoisotopic (exact) mass is 246 g/mol. The van der Waals surface area contributed by atoms with Crippen molar-refractivity contribution in [3.63, 3.8) is 0 Å². The lowest BCUT2D eigenvalue weighted by molar-refractivity contribution is 0.470. The minimum absolute atomic E-state index is 0.446. The summed E-state index contributed by atoms with van der Waals surface area (Å²) in [5, 5.41) is 3.54. The van der Waals surface area contributed by atoms with E-state index >= 15 is 0 Å². The lowest BCUT2D eigenvalue weighted by atomic mass is 10.0. The molecular formula is C16H26N2. The van der Waals surface area contributed by atoms with Crippen molar-refractivity contribution in [3.8, 4) is 0 Å². The highest BCUT2D eigenvalue weighted by Gasteiger charge is 2.40. The molecule has 0 saturated heterocycles. The number of nitrogens with one attached hydrogen (secondary N) is 1. The maximum Gasteiger partial charge on any atom is 0.00200 e. The highest BCUT2D eigenvalue weighted by Crippen LogP contribution is 2.43. The molecule has 1 saturated carbocycles. The van der Waals surface area contributed by atoms with Crippen molar-refractivity contribution in [2.24, 2.45) is 11.1 Å². The Balaban J connectivity index is 1.70. The van der Waals surface area contributed by atoms with Crippen LogP contribution in [0.15, 0.2) is 24.3 Å². The van der Waals surface area contributed by atoms with Crippen LogP contribution in [0.25, 0.3) is 0 Å². The highest BCUT2D eigenvalue weighted by molar-refractivity contribution is 5.24. The SMILES string of the molecule is CC(C)c1ccc(CCNCC2(CN)CC2)cc1. The largest absolute Gasteiger partial charge is 0.330 e. The maximum atomic E-state index is 5.77. The van der Waals surface area contributed by atoms with Gasteiger partial charge in [0.2, 0.25) is 0 Å². The van der Waals surface area contributed by atoms with Crippen molar-refractivity contribution in [1.29, 1.82) is 0 Å². The molecule has 1 aliphatic carbocycles. The number of hydrogen-bond acceptors (Lipinski definition) is 2. The van der Waals surface area contributed by atoms with Gasteiger partial charge in [0.25, 0.3) is 0 Å². The lowest BCUT2D eigenvalue weighted by Crippen LogP contribution is -2.30. The van der Waals surface area contributed by atoms with E-state index in [1.165, 1.54) is 24.0 Å². The van der Waals surface area contributed by atoms with Gasteiger partial charge >= 0.3 is 0 Å². The van der Waals surface area contributed by atoms with E-state index in [4.69, 9.17) is 5.73 Å². The molecule has 18 heavy (non-hydrogen) atoms. The summed E-state index contributed by atoms with van der Waals surface area (Å²) in [5.74, 6) is 0.622. The summed E-state index contributed by atoms with van der Waals surface area (Å²) in [6.07, 6.45) is 3.72. The highest BCUT2D eigenvalue weighted by atomic mass is 14.9. The smallest absolute Gasteiger partial charge is 0.00200 e. The Morgan fingerprint density at radius 2 is 1.89 bits per heavy atom. The summed E-state index contributed by atoms with van der Waals surface area (Å²) in [7, 11) is 0. The van der Waals surface area contributed by atoms with E-state index in [9.17, 15) is 0 Å². The molecule has 0 unspecified atom stereocenters. The second-order valence-electron chi connectivity index (χ2n) is 6.03. The fourth-order valence-corrected chi connectivity index (χ4v) is 2.29. The molecule has 0 spiro atoms. The third kappa shape index (κ3) is 3.56. The molecule has 100 valence electrons. The number of nitrogens with two attached hydrogens (primary N) is 1. The summed E-state index contributed by atoms with van der Waals surface area (Å²) < 4.78 is 0. The van der Waals surface area contributed by atoms with Crippen molar-refractivity contribution >= 4 is 0 Å². The second-order valence-corrected chi connectivity index (χ2v) is 6.03. The first-order chi connectivity index (χ1) is 8.65. The number of rotatable bonds is 7. The summed E-state index contributed by atoms with van der Waals surface area (Å²) in [5.41, 5.74) is 9.06. The van der Waals surface area contributed by atoms with Crippen LogP contribution in [0.4, 0.5) is 0 Å². The first-order valence-corrected chi connectivity index (χ1v) is 7.15. The average Bonchev–Trinajstić information content (AvgIpc) is 3.16. The van der Waals surface area contributed by atoms with Gasteiger partial charge in [-0.25, -0.2) is 0 Å². The summed E-state index contributed by atoms with van der Waals surface area (Å²) in [4.78, 5) is 0. The third-order valence-electron chi connectivity index (χ3n) is 4.13. The first-order valence-electron chi connectivity index (χ1n) is 7.15. The van der Waals surface area contributed by atoms with Crippen LogP contribution in [-0.2, 0) is 6.42 Å². The molecule has 0 bridgehead atoms. The van der Waals surface area contributed by atoms with Crippen LogP contribution >= 0.6 is 0 Å². The van der Waals surface area contributed by atoms with E-state index in [2.05, 4.69) is 43.4 Å². The standard InChI is InChI=1S/C16H26N2/c1-13(2)15-5-3-14(4-6-15)7-10-18-12-16(11-17)8-9-16/h3-6,13,18H,7-12,17H2,1-2H3. The van der Waals surface area contributed by atoms with Crippen molar-refractivity contribution in [1.82, 2.24) is 5.32 Å². The fraction of sp³-hybridized carbons (Fsp3) is 0.625. The molecular weight excluding hydrogens is 220 g/mol. The molecule has 1 aromatic rings. The minimum Gasteiger partial charge on any atom is -0.330 e. The molecule has 0 atom stereocenters. The summed E-state index contributed by atoms with van der Waals surface area (Å²) >= 11 is 0. The van der Waals surface area contributed by atoms with Crippen LogP contribution in [0.1, 0.15) is 43.7 Å². The van der Waals surface area contributed by atoms with E-state index in [1.807, 2.05) is 0 Å². The normalized spacial score (nSPS) is 17.1. The summed E-state index contributed by atoms with van der Waals surface area (Å²) in [6, 6.07) is 9.02. The molecule has 0 heterocycles. The van der Waals surface area contributed by atoms with Gasteiger partial charge in [0.15, 0.2) is 0 Å². The molecule has 3 N–H and O–H groups in total. The average molecular weight is 246 g/mol. The van der Waals surface area contributed by atoms with Crippen LogP contribution in [0.2, 0.25) is 0 Å². The van der Waals surface area contributed by atoms with Crippen molar-refractivity contribution in [2.45, 2.75) is 39.0 Å². The zero-order valence-electron chi connectivity index (χ0n) is 11.7. The topological polar surface area (TPSA) is 38.0 Å². The van der Waals surface area contributed by atoms with Crippen LogP contribution in [-0.4, -0.2) is 19.6 Å². The molecule has 0 aliphatic heterocycles. The van der Waals surface area contributed by atoms with Crippen molar-refractivity contribution in [3.05, 3.63) is 35.4 Å². The van der Waals surface area contributed by atoms with Crippen LogP contribution in [0.5, 0.6) is 0 Å². The van der Waals surface area contributed by atoms with E-state index in [1.54, 1.807) is 0 Å². The minimum atomic E-state index is 0.446. The van der Waals surface area contributed by atoms with Gasteiger partial charge < -0.3 is 11.1 Å². The van der Waals surface area contributed by atoms with E-state index in [-0.39, 0.29) is 0 Å². The van der Waals surface area contributed by atoms with Crippen LogP contribution in [0.3, 0.4) is 0 Å². The quantitative estimate of drug-likeness (QED) is 0.726. The van der Waals surface area contributed by atoms with Gasteiger partial charge in [0.05, 0.1) is 0 Å². The van der Waals surface area contributed by atoms with Gasteiger partial charge in [0, 0.05) is 6.54 Å². The molecule has 0 aromatic heterocycles. The maximum absolute atomic E-state index is 5.77. The Hall–Kier alpha value is -0.860. The van der Waals surface area contributed by atoms with Gasteiger partial charge in [-0.05, 0) is 54.8 Å². The zero-order valence-corrected chi connectivity index (χ0v) is 11.7. The number of benzene rings is 1. The Morgan fingerprint density at radius 1 is 1.22 bits per heavy atom. The number of hydrogen-bond donors (Lipinski definition) is 2. The molecule has 0 amide bonds. The van der Waals surface area contributed by atoms with Gasteiger partial charge in [-0.3, -0.25) is 0 Å². The van der Waals surface area contributed by atoms with Gasteiger partial charge in [-0.1, -0.05) is 38.1 Å². The van der Waals surface area contributed by atoms with E-state index < -0.39 is 0 Å². The lowest BCUT2D eigenvalue weighted by Gasteiger charge is -2.13. The van der Waals surface area contributed by atoms with Gasteiger partial charge in [0.1, 0.15) is 0 Å². The fourth-order valence-electron chi connectivity index (χ4n) is 2.29. The van der Waals surface area contributed by atoms with Crippen LogP contribution < -0.4 is 11.1 Å². The zero-order chi connectivity index (χ0) is 13.0. The van der Waals surface area contributed by atoms with Crippen molar-refractivity contribution in [2.75, 3.05) is 19.6 Å². The Morgan fingerprint density at radius 3 is 2.39 bits per heavy atom. The predicted molar refractivity (Wildman–Crippen MR) is 77.8 cm³/mol. The van der Waals surface area contributed by atoms with Gasteiger partial charge in [-0.15, -0.1) is 0 Å². The molecule has 1 aliphatic rings. The Bertz CT molecular complexity index is 363. The van der Waals surface area contributed by atoms with Gasteiger partial charge in [-0.2, -0.15) is 0 Å². The Labute approximate surface area is 111 Å². The molecule has 1 fully saturated rings. The van der Waals surface area contributed by atoms with Crippen molar-refractivity contribution < 1.29 is 0 Å². The molecule has 2 heteroatoms. The first kappa shape index (κ1) is 13.6. The molecule has 2 rings (SSSR count). The van der Waals surface area contributed by atoms with Crippen LogP contribution in [0, 0.1) is 5.41 Å². The second kappa shape index (κ2) is 5.85. The molecule has 1 aromatic carbocycles. The third-order valence-corrected chi connectivity index (χ3v) is 4.13. The molecule has 2 nitrogen and oxygen atoms in total. The summed E-state index contributed by atoms with van der Waals surface area (Å²) in [6.45, 7) is 7.45.